The first-order chi connectivity index (χ1) is 10.7. The first-order valence-corrected chi connectivity index (χ1v) is 8.08. The molecule has 1 atom stereocenters. The van der Waals surface area contributed by atoms with E-state index in [9.17, 15) is 9.59 Å². The molecule has 2 N–H and O–H groups in total. The summed E-state index contributed by atoms with van der Waals surface area (Å²) in [5.74, 6) is 0.0325. The number of para-hydroxylation sites is 2. The Morgan fingerprint density at radius 3 is 2.68 bits per heavy atom. The summed E-state index contributed by atoms with van der Waals surface area (Å²) < 4.78 is 0. The number of hydrogen-bond acceptors (Lipinski definition) is 3. The van der Waals surface area contributed by atoms with Crippen LogP contribution >= 0.6 is 11.8 Å². The Kier molecular flexibility index (Phi) is 4.44. The molecule has 112 valence electrons. The van der Waals surface area contributed by atoms with Gasteiger partial charge in [-0.15, -0.1) is 11.8 Å². The Morgan fingerprint density at radius 2 is 1.86 bits per heavy atom. The van der Waals surface area contributed by atoms with E-state index in [1.165, 1.54) is 0 Å². The monoisotopic (exact) mass is 312 g/mol. The summed E-state index contributed by atoms with van der Waals surface area (Å²) in [4.78, 5) is 25.4. The molecule has 0 saturated heterocycles. The summed E-state index contributed by atoms with van der Waals surface area (Å²) in [6.07, 6.45) is 0.182. The Balaban J connectivity index is 1.64. The molecule has 0 spiro atoms. The fourth-order valence-corrected chi connectivity index (χ4v) is 3.40. The second-order valence-electron chi connectivity index (χ2n) is 5.11. The van der Waals surface area contributed by atoms with Crippen LogP contribution in [-0.2, 0) is 9.59 Å². The molecule has 2 amide bonds. The third-order valence-electron chi connectivity index (χ3n) is 3.45. The molecule has 0 bridgehead atoms. The van der Waals surface area contributed by atoms with Gasteiger partial charge < -0.3 is 10.6 Å². The van der Waals surface area contributed by atoms with Gasteiger partial charge in [-0.1, -0.05) is 30.3 Å². The van der Waals surface area contributed by atoms with Crippen molar-refractivity contribution in [2.75, 3.05) is 16.4 Å². The lowest BCUT2D eigenvalue weighted by Crippen LogP contribution is -2.27. The highest BCUT2D eigenvalue weighted by Gasteiger charge is 2.26. The summed E-state index contributed by atoms with van der Waals surface area (Å²) >= 11 is 1.61. The second kappa shape index (κ2) is 6.66. The van der Waals surface area contributed by atoms with Crippen LogP contribution in [0.5, 0.6) is 0 Å². The van der Waals surface area contributed by atoms with E-state index < -0.39 is 0 Å². The maximum atomic E-state index is 12.3. The van der Waals surface area contributed by atoms with E-state index in [4.69, 9.17) is 0 Å². The van der Waals surface area contributed by atoms with E-state index in [-0.39, 0.29) is 24.2 Å². The number of fused-ring (bicyclic) bond motifs is 1. The molecule has 0 radical (unpaired) electrons. The van der Waals surface area contributed by atoms with Crippen molar-refractivity contribution in [2.45, 2.75) is 11.3 Å². The van der Waals surface area contributed by atoms with E-state index in [0.717, 1.165) is 16.3 Å². The van der Waals surface area contributed by atoms with Gasteiger partial charge in [0.25, 0.3) is 0 Å². The molecular formula is C17H16N2O2S. The standard InChI is InChI=1S/C17H16N2O2S/c20-16(18-13-6-2-1-3-7-13)10-12-11-22-15-9-5-4-8-14(15)19-17(12)21/h1-9,12H,10-11H2,(H,18,20)(H,19,21). The van der Waals surface area contributed by atoms with Gasteiger partial charge in [-0.05, 0) is 24.3 Å². The van der Waals surface area contributed by atoms with Crippen molar-refractivity contribution >= 4 is 35.0 Å². The number of nitrogens with one attached hydrogen (secondary N) is 2. The highest BCUT2D eigenvalue weighted by atomic mass is 32.2. The van der Waals surface area contributed by atoms with Gasteiger partial charge in [0.05, 0.1) is 11.6 Å². The third kappa shape index (κ3) is 3.49. The third-order valence-corrected chi connectivity index (χ3v) is 4.68. The Bertz CT molecular complexity index is 688. The molecule has 2 aromatic carbocycles. The summed E-state index contributed by atoms with van der Waals surface area (Å²) in [5, 5.41) is 5.73. The van der Waals surface area contributed by atoms with Crippen LogP contribution < -0.4 is 10.6 Å². The summed E-state index contributed by atoms with van der Waals surface area (Å²) in [7, 11) is 0. The highest BCUT2D eigenvalue weighted by molar-refractivity contribution is 7.99. The summed E-state index contributed by atoms with van der Waals surface area (Å²) in [5.41, 5.74) is 1.57. The maximum Gasteiger partial charge on any atom is 0.228 e. The zero-order chi connectivity index (χ0) is 15.4. The SMILES string of the molecule is O=C(CC1CSc2ccccc2NC1=O)Nc1ccccc1. The van der Waals surface area contributed by atoms with Gasteiger partial charge in [-0.2, -0.15) is 0 Å². The lowest BCUT2D eigenvalue weighted by Gasteiger charge is -2.12. The molecule has 0 saturated carbocycles. The van der Waals surface area contributed by atoms with Gasteiger partial charge in [0.1, 0.15) is 0 Å². The second-order valence-corrected chi connectivity index (χ2v) is 6.17. The minimum Gasteiger partial charge on any atom is -0.326 e. The average molecular weight is 312 g/mol. The van der Waals surface area contributed by atoms with E-state index >= 15 is 0 Å². The molecule has 5 heteroatoms. The minimum absolute atomic E-state index is 0.0966. The van der Waals surface area contributed by atoms with Crippen molar-refractivity contribution < 1.29 is 9.59 Å². The molecule has 0 fully saturated rings. The number of amides is 2. The highest BCUT2D eigenvalue weighted by Crippen LogP contribution is 2.33. The molecule has 2 aromatic rings. The topological polar surface area (TPSA) is 58.2 Å². The van der Waals surface area contributed by atoms with Crippen LogP contribution in [0.2, 0.25) is 0 Å². The molecule has 1 heterocycles. The summed E-state index contributed by atoms with van der Waals surface area (Å²) in [6, 6.07) is 17.0. The number of rotatable bonds is 3. The van der Waals surface area contributed by atoms with E-state index in [2.05, 4.69) is 10.6 Å². The Labute approximate surface area is 133 Å². The van der Waals surface area contributed by atoms with Gasteiger partial charge in [-0.25, -0.2) is 0 Å². The van der Waals surface area contributed by atoms with Gasteiger partial charge in [-0.3, -0.25) is 9.59 Å². The molecule has 0 aromatic heterocycles. The zero-order valence-corrected chi connectivity index (χ0v) is 12.7. The van der Waals surface area contributed by atoms with Crippen molar-refractivity contribution in [2.24, 2.45) is 5.92 Å². The van der Waals surface area contributed by atoms with Crippen LogP contribution in [0.3, 0.4) is 0 Å². The van der Waals surface area contributed by atoms with Crippen molar-refractivity contribution in [1.82, 2.24) is 0 Å². The lowest BCUT2D eigenvalue weighted by atomic mass is 10.1. The van der Waals surface area contributed by atoms with E-state index in [0.29, 0.717) is 5.75 Å². The molecule has 1 unspecified atom stereocenters. The van der Waals surface area contributed by atoms with Crippen molar-refractivity contribution in [1.29, 1.82) is 0 Å². The van der Waals surface area contributed by atoms with Gasteiger partial charge in [0.15, 0.2) is 0 Å². The fourth-order valence-electron chi connectivity index (χ4n) is 2.31. The molecule has 1 aliphatic heterocycles. The first kappa shape index (κ1) is 14.7. The number of anilines is 2. The van der Waals surface area contributed by atoms with Crippen LogP contribution in [0, 0.1) is 5.92 Å². The van der Waals surface area contributed by atoms with Crippen LogP contribution in [0.1, 0.15) is 6.42 Å². The maximum absolute atomic E-state index is 12.3. The number of carbonyl (C=O) groups is 2. The van der Waals surface area contributed by atoms with Crippen LogP contribution in [0.15, 0.2) is 59.5 Å². The van der Waals surface area contributed by atoms with Crippen molar-refractivity contribution in [3.63, 3.8) is 0 Å². The number of carbonyl (C=O) groups excluding carboxylic acids is 2. The number of hydrogen-bond donors (Lipinski definition) is 2. The predicted octanol–water partition coefficient (Wildman–Crippen LogP) is 3.38. The summed E-state index contributed by atoms with van der Waals surface area (Å²) in [6.45, 7) is 0. The van der Waals surface area contributed by atoms with Crippen LogP contribution in [0.4, 0.5) is 11.4 Å². The average Bonchev–Trinajstić information content (AvgIpc) is 2.68. The molecule has 22 heavy (non-hydrogen) atoms. The molecule has 4 nitrogen and oxygen atoms in total. The number of thioether (sulfide) groups is 1. The smallest absolute Gasteiger partial charge is 0.228 e. The molecular weight excluding hydrogens is 296 g/mol. The van der Waals surface area contributed by atoms with Crippen molar-refractivity contribution in [3.05, 3.63) is 54.6 Å². The Hall–Kier alpha value is -2.27. The Morgan fingerprint density at radius 1 is 1.14 bits per heavy atom. The zero-order valence-electron chi connectivity index (χ0n) is 11.9. The van der Waals surface area contributed by atoms with Crippen LogP contribution in [0.25, 0.3) is 0 Å². The lowest BCUT2D eigenvalue weighted by molar-refractivity contribution is -0.124. The first-order valence-electron chi connectivity index (χ1n) is 7.10. The predicted molar refractivity (Wildman–Crippen MR) is 89.0 cm³/mol. The largest absolute Gasteiger partial charge is 0.326 e. The van der Waals surface area contributed by atoms with Crippen LogP contribution in [-0.4, -0.2) is 17.6 Å². The fraction of sp³-hybridized carbons (Fsp3) is 0.176. The van der Waals surface area contributed by atoms with Gasteiger partial charge in [0, 0.05) is 22.8 Å². The molecule has 1 aliphatic rings. The van der Waals surface area contributed by atoms with Gasteiger partial charge >= 0.3 is 0 Å². The number of benzene rings is 2. The quantitative estimate of drug-likeness (QED) is 0.913. The molecule has 0 aliphatic carbocycles. The van der Waals surface area contributed by atoms with E-state index in [1.807, 2.05) is 54.6 Å². The minimum atomic E-state index is -0.332. The van der Waals surface area contributed by atoms with Crippen molar-refractivity contribution in [3.8, 4) is 0 Å². The van der Waals surface area contributed by atoms with E-state index in [1.54, 1.807) is 11.8 Å². The van der Waals surface area contributed by atoms with Gasteiger partial charge in [0.2, 0.25) is 11.8 Å². The normalized spacial score (nSPS) is 17.1. The molecule has 3 rings (SSSR count).